The van der Waals surface area contributed by atoms with Gasteiger partial charge in [-0.3, -0.25) is 0 Å². The summed E-state index contributed by atoms with van der Waals surface area (Å²) >= 11 is 2.73. The van der Waals surface area contributed by atoms with E-state index in [1.807, 2.05) is 19.9 Å². The Labute approximate surface area is 113 Å². The number of hydrogen-bond donors (Lipinski definition) is 0. The van der Waals surface area contributed by atoms with E-state index >= 15 is 0 Å². The van der Waals surface area contributed by atoms with Crippen molar-refractivity contribution in [2.24, 2.45) is 0 Å². The molecule has 0 nitrogen and oxygen atoms in total. The van der Waals surface area contributed by atoms with Crippen molar-refractivity contribution in [3.63, 3.8) is 0 Å². The zero-order valence-corrected chi connectivity index (χ0v) is 11.8. The van der Waals surface area contributed by atoms with Crippen LogP contribution in [0.15, 0.2) is 18.2 Å². The Morgan fingerprint density at radius 2 is 1.78 bits per heavy atom. The molecule has 0 heterocycles. The summed E-state index contributed by atoms with van der Waals surface area (Å²) in [4.78, 5) is -1.66. The second kappa shape index (κ2) is 6.04. The molecule has 0 N–H and O–H groups in total. The fraction of sp³-hybridized carbons (Fsp3) is 0.538. The van der Waals surface area contributed by atoms with E-state index in [1.165, 1.54) is 0 Å². The van der Waals surface area contributed by atoms with Crippen molar-refractivity contribution >= 4 is 15.9 Å². The van der Waals surface area contributed by atoms with Gasteiger partial charge in [-0.15, -0.1) is 0 Å². The summed E-state index contributed by atoms with van der Waals surface area (Å²) < 4.78 is 51.5. The minimum Gasteiger partial charge on any atom is -0.204 e. The fourth-order valence-corrected chi connectivity index (χ4v) is 2.37. The molecular formula is C13H15BrF4. The molecule has 0 radical (unpaired) electrons. The summed E-state index contributed by atoms with van der Waals surface area (Å²) in [6.07, 6.45) is -2.48. The number of hydrogen-bond acceptors (Lipinski definition) is 0. The van der Waals surface area contributed by atoms with Crippen LogP contribution >= 0.6 is 15.9 Å². The third-order valence-corrected chi connectivity index (χ3v) is 4.01. The summed E-state index contributed by atoms with van der Waals surface area (Å²) in [6, 6.07) is 5.14. The van der Waals surface area contributed by atoms with Crippen LogP contribution in [0, 0.1) is 0 Å². The molecule has 0 saturated carbocycles. The van der Waals surface area contributed by atoms with Crippen LogP contribution < -0.4 is 0 Å². The van der Waals surface area contributed by atoms with Gasteiger partial charge in [-0.05, 0) is 29.5 Å². The lowest BCUT2D eigenvalue weighted by Gasteiger charge is -2.24. The van der Waals surface area contributed by atoms with Crippen LogP contribution in [0.3, 0.4) is 0 Å². The van der Waals surface area contributed by atoms with Crippen molar-refractivity contribution in [1.29, 1.82) is 0 Å². The molecule has 1 aromatic rings. The molecule has 1 rings (SSSR count). The van der Waals surface area contributed by atoms with Gasteiger partial charge in [-0.25, -0.2) is 8.78 Å². The van der Waals surface area contributed by atoms with E-state index < -0.39 is 17.2 Å². The Kier molecular flexibility index (Phi) is 5.20. The van der Waals surface area contributed by atoms with Crippen LogP contribution in [0.1, 0.15) is 35.4 Å². The van der Waals surface area contributed by atoms with Crippen LogP contribution in [-0.2, 0) is 12.8 Å². The van der Waals surface area contributed by atoms with Gasteiger partial charge in [0, 0.05) is 0 Å². The Morgan fingerprint density at radius 1 is 1.17 bits per heavy atom. The van der Waals surface area contributed by atoms with Gasteiger partial charge in [-0.1, -0.05) is 48.0 Å². The summed E-state index contributed by atoms with van der Waals surface area (Å²) in [5.41, 5.74) is 1.77. The molecule has 0 bridgehead atoms. The summed E-state index contributed by atoms with van der Waals surface area (Å²) in [6.45, 7) is 3.70. The lowest BCUT2D eigenvalue weighted by molar-refractivity contribution is -0.127. The highest BCUT2D eigenvalue weighted by Gasteiger charge is 2.48. The first-order chi connectivity index (χ1) is 8.34. The smallest absolute Gasteiger partial charge is 0.204 e. The molecule has 0 aliphatic carbocycles. The highest BCUT2D eigenvalue weighted by Crippen LogP contribution is 2.44. The summed E-state index contributed by atoms with van der Waals surface area (Å²) in [5.74, 6) is -4.07. The first-order valence-electron chi connectivity index (χ1n) is 5.76. The van der Waals surface area contributed by atoms with Gasteiger partial charge >= 0.3 is 12.3 Å². The largest absolute Gasteiger partial charge is 0.323 e. The molecule has 0 aromatic heterocycles. The minimum atomic E-state index is -4.07. The molecule has 0 fully saturated rings. The van der Waals surface area contributed by atoms with Crippen LogP contribution in [0.5, 0.6) is 0 Å². The van der Waals surface area contributed by atoms with Crippen molar-refractivity contribution in [3.05, 3.63) is 34.9 Å². The molecule has 0 saturated heterocycles. The molecule has 0 aliphatic heterocycles. The number of benzene rings is 1. The van der Waals surface area contributed by atoms with Crippen LogP contribution in [-0.4, -0.2) is 12.3 Å². The Balaban J connectivity index is 3.21. The van der Waals surface area contributed by atoms with Crippen molar-refractivity contribution in [2.75, 3.05) is 0 Å². The SMILES string of the molecule is CCc1ccc(CC)c(C(Br)C(F)(F)C(F)F)c1. The maximum Gasteiger partial charge on any atom is 0.323 e. The highest BCUT2D eigenvalue weighted by molar-refractivity contribution is 9.09. The van der Waals surface area contributed by atoms with Crippen molar-refractivity contribution in [3.8, 4) is 0 Å². The van der Waals surface area contributed by atoms with Crippen molar-refractivity contribution in [2.45, 2.75) is 43.9 Å². The van der Waals surface area contributed by atoms with E-state index in [0.717, 1.165) is 5.56 Å². The molecule has 0 spiro atoms. The van der Waals surface area contributed by atoms with E-state index in [0.29, 0.717) is 18.4 Å². The second-order valence-electron chi connectivity index (χ2n) is 4.08. The Hall–Kier alpha value is -0.580. The molecule has 1 unspecified atom stereocenters. The van der Waals surface area contributed by atoms with E-state index in [2.05, 4.69) is 15.9 Å². The van der Waals surface area contributed by atoms with Gasteiger partial charge in [0.25, 0.3) is 0 Å². The van der Waals surface area contributed by atoms with Gasteiger partial charge in [-0.2, -0.15) is 8.78 Å². The molecule has 0 aliphatic rings. The molecule has 0 amide bonds. The topological polar surface area (TPSA) is 0 Å². The lowest BCUT2D eigenvalue weighted by atomic mass is 9.96. The first kappa shape index (κ1) is 15.5. The third-order valence-electron chi connectivity index (χ3n) is 2.90. The quantitative estimate of drug-likeness (QED) is 0.518. The fourth-order valence-electron chi connectivity index (χ4n) is 1.74. The average Bonchev–Trinajstić information content (AvgIpc) is 2.36. The van der Waals surface area contributed by atoms with Gasteiger partial charge in [0.1, 0.15) is 4.83 Å². The molecule has 5 heteroatoms. The lowest BCUT2D eigenvalue weighted by Crippen LogP contribution is -2.31. The van der Waals surface area contributed by atoms with Crippen LogP contribution in [0.2, 0.25) is 0 Å². The second-order valence-corrected chi connectivity index (χ2v) is 4.99. The molecule has 1 aromatic carbocycles. The molecule has 1 atom stereocenters. The maximum absolute atomic E-state index is 13.4. The monoisotopic (exact) mass is 326 g/mol. The predicted octanol–water partition coefficient (Wildman–Crippen LogP) is 5.15. The molecular weight excluding hydrogens is 312 g/mol. The van der Waals surface area contributed by atoms with Crippen molar-refractivity contribution in [1.82, 2.24) is 0 Å². The van der Waals surface area contributed by atoms with Crippen molar-refractivity contribution < 1.29 is 17.6 Å². The highest BCUT2D eigenvalue weighted by atomic mass is 79.9. The Bertz CT molecular complexity index is 404. The van der Waals surface area contributed by atoms with Crippen LogP contribution in [0.4, 0.5) is 17.6 Å². The molecule has 102 valence electrons. The third kappa shape index (κ3) is 3.05. The van der Waals surface area contributed by atoms with Gasteiger partial charge < -0.3 is 0 Å². The standard InChI is InChI=1S/C13H15BrF4/c1-3-8-5-6-9(4-2)10(7-8)11(14)13(17,18)12(15)16/h5-7,11-12H,3-4H2,1-2H3. The van der Waals surface area contributed by atoms with Crippen LogP contribution in [0.25, 0.3) is 0 Å². The summed E-state index contributed by atoms with van der Waals surface area (Å²) in [5, 5.41) is 0. The number of aryl methyl sites for hydroxylation is 2. The summed E-state index contributed by atoms with van der Waals surface area (Å²) in [7, 11) is 0. The van der Waals surface area contributed by atoms with Gasteiger partial charge in [0.05, 0.1) is 0 Å². The normalized spacial score (nSPS) is 14.0. The van der Waals surface area contributed by atoms with E-state index in [4.69, 9.17) is 0 Å². The minimum absolute atomic E-state index is 0.252. The predicted molar refractivity (Wildman–Crippen MR) is 67.8 cm³/mol. The maximum atomic E-state index is 13.4. The number of rotatable bonds is 5. The zero-order chi connectivity index (χ0) is 13.9. The average molecular weight is 327 g/mol. The van der Waals surface area contributed by atoms with E-state index in [1.54, 1.807) is 12.1 Å². The number of halogens is 5. The van der Waals surface area contributed by atoms with E-state index in [9.17, 15) is 17.6 Å². The molecule has 18 heavy (non-hydrogen) atoms. The number of alkyl halides is 5. The zero-order valence-electron chi connectivity index (χ0n) is 10.2. The first-order valence-corrected chi connectivity index (χ1v) is 6.67. The Morgan fingerprint density at radius 3 is 2.22 bits per heavy atom. The van der Waals surface area contributed by atoms with E-state index in [-0.39, 0.29) is 5.56 Å². The van der Waals surface area contributed by atoms with Gasteiger partial charge in [0.15, 0.2) is 0 Å². The van der Waals surface area contributed by atoms with Gasteiger partial charge in [0.2, 0.25) is 0 Å².